The molecule has 8 nitrogen and oxygen atoms in total. The summed E-state index contributed by atoms with van der Waals surface area (Å²) in [5.74, 6) is 1.16. The second-order valence-electron chi connectivity index (χ2n) is 6.32. The van der Waals surface area contributed by atoms with Crippen molar-refractivity contribution in [3.63, 3.8) is 0 Å². The molecule has 9 heteroatoms. The lowest BCUT2D eigenvalue weighted by atomic mass is 10.1. The van der Waals surface area contributed by atoms with E-state index in [1.54, 1.807) is 31.4 Å². The number of carbonyl (C=O) groups excluding carboxylic acids is 1. The maximum atomic E-state index is 13.2. The van der Waals surface area contributed by atoms with Gasteiger partial charge < -0.3 is 14.8 Å². The first-order valence-electron chi connectivity index (χ1n) is 8.67. The second kappa shape index (κ2) is 6.42. The molecule has 29 heavy (non-hydrogen) atoms. The number of carbonyl (C=O) groups is 1. The van der Waals surface area contributed by atoms with Crippen LogP contribution in [-0.2, 0) is 4.79 Å². The highest BCUT2D eigenvalue weighted by molar-refractivity contribution is 7.15. The van der Waals surface area contributed by atoms with E-state index in [2.05, 4.69) is 15.5 Å². The summed E-state index contributed by atoms with van der Waals surface area (Å²) in [7, 11) is 3.09. The zero-order valence-electron chi connectivity index (χ0n) is 15.4. The van der Waals surface area contributed by atoms with E-state index in [4.69, 9.17) is 9.47 Å². The maximum Gasteiger partial charge on any atom is 0.277 e. The molecule has 1 aliphatic rings. The summed E-state index contributed by atoms with van der Waals surface area (Å²) in [5.41, 5.74) is 2.08. The van der Waals surface area contributed by atoms with Gasteiger partial charge in [-0.15, -0.1) is 10.2 Å². The van der Waals surface area contributed by atoms with Crippen LogP contribution in [0.3, 0.4) is 0 Å². The number of rotatable bonds is 3. The highest BCUT2D eigenvalue weighted by Gasteiger charge is 2.27. The number of para-hydroxylation sites is 1. The zero-order valence-corrected chi connectivity index (χ0v) is 16.2. The number of ether oxygens (including phenoxy) is 2. The Balaban J connectivity index is 1.77. The smallest absolute Gasteiger partial charge is 0.277 e. The maximum absolute atomic E-state index is 13.2. The minimum Gasteiger partial charge on any atom is -0.493 e. The zero-order chi connectivity index (χ0) is 20.1. The molecule has 1 amide bonds. The van der Waals surface area contributed by atoms with Gasteiger partial charge in [-0.1, -0.05) is 29.5 Å². The Kier molecular flexibility index (Phi) is 3.85. The molecule has 0 aliphatic carbocycles. The average Bonchev–Trinajstić information content (AvgIpc) is 3.39. The summed E-state index contributed by atoms with van der Waals surface area (Å²) in [6, 6.07) is 12.5. The molecular weight excluding hydrogens is 392 g/mol. The summed E-state index contributed by atoms with van der Waals surface area (Å²) < 4.78 is 12.4. The van der Waals surface area contributed by atoms with Gasteiger partial charge >= 0.3 is 0 Å². The molecule has 2 aromatic carbocycles. The predicted octanol–water partition coefficient (Wildman–Crippen LogP) is 1.71. The van der Waals surface area contributed by atoms with Gasteiger partial charge in [0.25, 0.3) is 11.5 Å². The number of hydrogen-bond donors (Lipinski definition) is 1. The van der Waals surface area contributed by atoms with Crippen LogP contribution in [-0.4, -0.2) is 34.7 Å². The van der Waals surface area contributed by atoms with Crippen LogP contribution in [0.25, 0.3) is 21.9 Å². The molecule has 0 saturated heterocycles. The Morgan fingerprint density at radius 3 is 2.59 bits per heavy atom. The van der Waals surface area contributed by atoms with E-state index in [1.807, 2.05) is 18.2 Å². The van der Waals surface area contributed by atoms with E-state index in [0.717, 1.165) is 11.3 Å². The fourth-order valence-electron chi connectivity index (χ4n) is 3.42. The van der Waals surface area contributed by atoms with E-state index in [0.29, 0.717) is 49.2 Å². The minimum absolute atomic E-state index is 0.298. The Labute approximate surface area is 168 Å². The highest BCUT2D eigenvalue weighted by atomic mass is 32.1. The molecule has 0 saturated carbocycles. The number of hydrogen-bond acceptors (Lipinski definition) is 7. The summed E-state index contributed by atoms with van der Waals surface area (Å²) in [6.45, 7) is 0. The van der Waals surface area contributed by atoms with Crippen LogP contribution in [0.2, 0.25) is 0 Å². The quantitative estimate of drug-likeness (QED) is 0.557. The van der Waals surface area contributed by atoms with Crippen LogP contribution >= 0.6 is 11.3 Å². The van der Waals surface area contributed by atoms with Crippen LogP contribution in [0.5, 0.6) is 11.5 Å². The van der Waals surface area contributed by atoms with Crippen molar-refractivity contribution in [3.05, 3.63) is 62.9 Å². The van der Waals surface area contributed by atoms with Crippen molar-refractivity contribution in [2.45, 2.75) is 0 Å². The molecule has 5 rings (SSSR count). The summed E-state index contributed by atoms with van der Waals surface area (Å²) in [5, 5.41) is 11.1. The standard InChI is InChI=1S/C20H14N4O4S/c1-27-13-8-7-10(9-14(13)28-2)17-22-23-20-24(17)19(26)16(29-20)15-11-5-3-4-6-12(11)21-18(15)25/h3-9H,1-2H3,(H,21,25). The molecule has 4 aromatic rings. The Bertz CT molecular complexity index is 1410. The number of aromatic nitrogens is 3. The number of nitrogens with one attached hydrogen (secondary N) is 1. The van der Waals surface area contributed by atoms with Crippen LogP contribution in [0.1, 0.15) is 5.56 Å². The number of thiazole rings is 1. The molecule has 3 heterocycles. The van der Waals surface area contributed by atoms with Crippen molar-refractivity contribution in [1.82, 2.24) is 14.6 Å². The fraction of sp³-hybridized carbons (Fsp3) is 0.100. The van der Waals surface area contributed by atoms with Gasteiger partial charge in [-0.05, 0) is 24.3 Å². The summed E-state index contributed by atoms with van der Waals surface area (Å²) in [4.78, 5) is 26.2. The normalized spacial score (nSPS) is 14.8. The Morgan fingerprint density at radius 2 is 1.79 bits per heavy atom. The van der Waals surface area contributed by atoms with Gasteiger partial charge in [-0.25, -0.2) is 4.40 Å². The van der Waals surface area contributed by atoms with Gasteiger partial charge in [0.15, 0.2) is 17.3 Å². The van der Waals surface area contributed by atoms with Gasteiger partial charge in [0, 0.05) is 16.8 Å². The molecule has 1 aliphatic heterocycles. The van der Waals surface area contributed by atoms with Crippen LogP contribution in [0.4, 0.5) is 5.69 Å². The molecular formula is C20H14N4O4S. The molecule has 0 fully saturated rings. The van der Waals surface area contributed by atoms with E-state index in [1.165, 1.54) is 11.5 Å². The highest BCUT2D eigenvalue weighted by Crippen LogP contribution is 2.32. The molecule has 0 unspecified atom stereocenters. The topological polar surface area (TPSA) is 94.8 Å². The van der Waals surface area contributed by atoms with Crippen molar-refractivity contribution in [3.8, 4) is 22.9 Å². The third kappa shape index (κ3) is 2.51. The first kappa shape index (κ1) is 17.4. The molecule has 2 aromatic heterocycles. The number of fused-ring (bicyclic) bond motifs is 2. The number of anilines is 1. The molecule has 0 bridgehead atoms. The van der Waals surface area contributed by atoms with Crippen molar-refractivity contribution in [2.75, 3.05) is 19.5 Å². The first-order chi connectivity index (χ1) is 14.1. The van der Waals surface area contributed by atoms with Crippen LogP contribution < -0.4 is 24.9 Å². The summed E-state index contributed by atoms with van der Waals surface area (Å²) in [6.07, 6.45) is 0. The van der Waals surface area contributed by atoms with E-state index >= 15 is 0 Å². The molecule has 0 atom stereocenters. The van der Waals surface area contributed by atoms with Crippen molar-refractivity contribution in [2.24, 2.45) is 0 Å². The monoisotopic (exact) mass is 406 g/mol. The van der Waals surface area contributed by atoms with Crippen molar-refractivity contribution in [1.29, 1.82) is 0 Å². The second-order valence-corrected chi connectivity index (χ2v) is 7.30. The van der Waals surface area contributed by atoms with Crippen LogP contribution in [0, 0.1) is 0 Å². The van der Waals surface area contributed by atoms with E-state index < -0.39 is 0 Å². The molecule has 144 valence electrons. The third-order valence-corrected chi connectivity index (χ3v) is 5.79. The van der Waals surface area contributed by atoms with E-state index in [-0.39, 0.29) is 11.5 Å². The van der Waals surface area contributed by atoms with Crippen molar-refractivity contribution < 1.29 is 14.3 Å². The van der Waals surface area contributed by atoms with Gasteiger partial charge in [0.05, 0.1) is 19.8 Å². The molecule has 0 radical (unpaired) electrons. The predicted molar refractivity (Wildman–Crippen MR) is 108 cm³/mol. The van der Waals surface area contributed by atoms with Gasteiger partial charge in [0.1, 0.15) is 4.53 Å². The SMILES string of the molecule is COc1ccc(-c2nnc3sc(=C4C(=O)Nc5ccccc54)c(=O)n23)cc1OC. The molecule has 1 N–H and O–H groups in total. The number of benzene rings is 2. The first-order valence-corrected chi connectivity index (χ1v) is 9.49. The minimum atomic E-state index is -0.332. The van der Waals surface area contributed by atoms with Crippen LogP contribution in [0.15, 0.2) is 47.3 Å². The fourth-order valence-corrected chi connectivity index (χ4v) is 4.43. The lowest BCUT2D eigenvalue weighted by molar-refractivity contribution is -0.110. The van der Waals surface area contributed by atoms with Crippen molar-refractivity contribution >= 4 is 33.5 Å². The average molecular weight is 406 g/mol. The van der Waals surface area contributed by atoms with Gasteiger partial charge in [0.2, 0.25) is 4.96 Å². The number of amides is 1. The Morgan fingerprint density at radius 1 is 1.00 bits per heavy atom. The lowest BCUT2D eigenvalue weighted by Gasteiger charge is -2.08. The summed E-state index contributed by atoms with van der Waals surface area (Å²) >= 11 is 1.14. The molecule has 0 spiro atoms. The largest absolute Gasteiger partial charge is 0.493 e. The van der Waals surface area contributed by atoms with E-state index in [9.17, 15) is 9.59 Å². The lowest BCUT2D eigenvalue weighted by Crippen LogP contribution is -2.28. The Hall–Kier alpha value is -3.72. The van der Waals surface area contributed by atoms with Gasteiger partial charge in [-0.3, -0.25) is 9.59 Å². The third-order valence-electron chi connectivity index (χ3n) is 4.76. The number of nitrogens with zero attached hydrogens (tertiary/aromatic N) is 3. The number of methoxy groups -OCH3 is 2. The van der Waals surface area contributed by atoms with Gasteiger partial charge in [-0.2, -0.15) is 0 Å².